The molecule has 26 heavy (non-hydrogen) atoms. The normalized spacial score (nSPS) is 11.1. The number of aromatic nitrogens is 3. The van der Waals surface area contributed by atoms with Crippen LogP contribution >= 0.6 is 11.6 Å². The average molecular weight is 370 g/mol. The summed E-state index contributed by atoms with van der Waals surface area (Å²) >= 11 is 6.37. The highest BCUT2D eigenvalue weighted by Gasteiger charge is 2.16. The van der Waals surface area contributed by atoms with Crippen molar-refractivity contribution < 1.29 is 14.2 Å². The monoisotopic (exact) mass is 369 g/mol. The van der Waals surface area contributed by atoms with Crippen molar-refractivity contribution in [3.63, 3.8) is 0 Å². The third kappa shape index (κ3) is 2.68. The van der Waals surface area contributed by atoms with Crippen LogP contribution in [0.3, 0.4) is 0 Å². The summed E-state index contributed by atoms with van der Waals surface area (Å²) in [4.78, 5) is 4.59. The molecule has 2 aromatic carbocycles. The maximum atomic E-state index is 6.37. The van der Waals surface area contributed by atoms with E-state index in [4.69, 9.17) is 25.8 Å². The van der Waals surface area contributed by atoms with Gasteiger partial charge in [0.2, 0.25) is 5.88 Å². The summed E-state index contributed by atoms with van der Waals surface area (Å²) in [6.45, 7) is 1.85. The molecule has 0 fully saturated rings. The van der Waals surface area contributed by atoms with E-state index in [9.17, 15) is 0 Å². The standard InChI is InChI=1S/C19H16ClN3O3/c1-11-17(20)18-21-19(15-6-4-5-7-16(15)23(18)22-11)26-14-9-12(24-2)8-13(10-14)25-3/h4-10H,1-3H3. The van der Waals surface area contributed by atoms with Crippen LogP contribution in [0, 0.1) is 6.92 Å². The third-order valence-corrected chi connectivity index (χ3v) is 4.52. The number of rotatable bonds is 4. The van der Waals surface area contributed by atoms with Crippen LogP contribution in [-0.2, 0) is 0 Å². The molecule has 0 radical (unpaired) electrons. The zero-order valence-electron chi connectivity index (χ0n) is 14.5. The highest BCUT2D eigenvalue weighted by atomic mass is 35.5. The van der Waals surface area contributed by atoms with E-state index in [0.717, 1.165) is 10.9 Å². The van der Waals surface area contributed by atoms with Gasteiger partial charge in [-0.3, -0.25) is 0 Å². The van der Waals surface area contributed by atoms with Gasteiger partial charge in [0, 0.05) is 18.2 Å². The van der Waals surface area contributed by atoms with Crippen LogP contribution in [-0.4, -0.2) is 28.8 Å². The van der Waals surface area contributed by atoms with Crippen LogP contribution in [0.4, 0.5) is 0 Å². The van der Waals surface area contributed by atoms with E-state index in [1.54, 1.807) is 36.9 Å². The maximum Gasteiger partial charge on any atom is 0.230 e. The molecular weight excluding hydrogens is 354 g/mol. The molecule has 0 bridgehead atoms. The molecule has 4 aromatic rings. The van der Waals surface area contributed by atoms with Gasteiger partial charge in [0.25, 0.3) is 0 Å². The molecule has 0 aliphatic rings. The van der Waals surface area contributed by atoms with E-state index >= 15 is 0 Å². The number of fused-ring (bicyclic) bond motifs is 3. The summed E-state index contributed by atoms with van der Waals surface area (Å²) in [5.41, 5.74) is 2.12. The number of para-hydroxylation sites is 1. The molecule has 0 aliphatic heterocycles. The van der Waals surface area contributed by atoms with Crippen molar-refractivity contribution in [3.8, 4) is 23.1 Å². The first kappa shape index (κ1) is 16.5. The van der Waals surface area contributed by atoms with Gasteiger partial charge >= 0.3 is 0 Å². The first-order valence-electron chi connectivity index (χ1n) is 7.95. The van der Waals surface area contributed by atoms with Crippen molar-refractivity contribution in [2.75, 3.05) is 14.2 Å². The van der Waals surface area contributed by atoms with Gasteiger partial charge in [0.1, 0.15) is 22.3 Å². The SMILES string of the molecule is COc1cc(OC)cc(Oc2nc3c(Cl)c(C)nn3c3ccccc23)c1. The first-order valence-corrected chi connectivity index (χ1v) is 8.33. The van der Waals surface area contributed by atoms with E-state index in [-0.39, 0.29) is 0 Å². The Morgan fingerprint density at radius 3 is 2.31 bits per heavy atom. The molecule has 0 amide bonds. The van der Waals surface area contributed by atoms with Gasteiger partial charge in [-0.1, -0.05) is 23.7 Å². The second kappa shape index (κ2) is 6.38. The Balaban J connectivity index is 1.92. The number of ether oxygens (including phenoxy) is 3. The number of halogens is 1. The van der Waals surface area contributed by atoms with Crippen LogP contribution in [0.25, 0.3) is 16.6 Å². The summed E-state index contributed by atoms with van der Waals surface area (Å²) < 4.78 is 18.4. The molecule has 7 heteroatoms. The first-order chi connectivity index (χ1) is 12.6. The molecule has 0 N–H and O–H groups in total. The molecule has 2 heterocycles. The molecular formula is C19H16ClN3O3. The number of hydrogen-bond acceptors (Lipinski definition) is 5. The Morgan fingerprint density at radius 2 is 1.62 bits per heavy atom. The van der Waals surface area contributed by atoms with Crippen molar-refractivity contribution in [1.29, 1.82) is 0 Å². The molecule has 0 unspecified atom stereocenters. The molecule has 132 valence electrons. The lowest BCUT2D eigenvalue weighted by Gasteiger charge is -2.12. The van der Waals surface area contributed by atoms with Gasteiger partial charge in [0.15, 0.2) is 5.65 Å². The predicted octanol–water partition coefficient (Wildman–Crippen LogP) is 4.65. The number of nitrogens with zero attached hydrogens (tertiary/aromatic N) is 3. The van der Waals surface area contributed by atoms with Crippen LogP contribution in [0.15, 0.2) is 42.5 Å². The molecule has 0 saturated carbocycles. The highest BCUT2D eigenvalue weighted by molar-refractivity contribution is 6.34. The minimum Gasteiger partial charge on any atom is -0.496 e. The van der Waals surface area contributed by atoms with E-state index in [1.165, 1.54) is 0 Å². The largest absolute Gasteiger partial charge is 0.496 e. The topological polar surface area (TPSA) is 57.9 Å². The molecule has 6 nitrogen and oxygen atoms in total. The van der Waals surface area contributed by atoms with Gasteiger partial charge in [-0.15, -0.1) is 0 Å². The third-order valence-electron chi connectivity index (χ3n) is 4.07. The summed E-state index contributed by atoms with van der Waals surface area (Å²) in [6.07, 6.45) is 0. The van der Waals surface area contributed by atoms with Crippen LogP contribution in [0.2, 0.25) is 5.02 Å². The van der Waals surface area contributed by atoms with E-state index in [2.05, 4.69) is 10.1 Å². The summed E-state index contributed by atoms with van der Waals surface area (Å²) in [5.74, 6) is 2.24. The second-order valence-electron chi connectivity index (χ2n) is 5.72. The Kier molecular flexibility index (Phi) is 4.05. The molecule has 0 atom stereocenters. The van der Waals surface area contributed by atoms with Crippen LogP contribution < -0.4 is 14.2 Å². The highest BCUT2D eigenvalue weighted by Crippen LogP contribution is 2.35. The molecule has 0 aliphatic carbocycles. The Labute approximate surface area is 154 Å². The lowest BCUT2D eigenvalue weighted by atomic mass is 10.2. The fourth-order valence-corrected chi connectivity index (χ4v) is 2.95. The van der Waals surface area contributed by atoms with Crippen molar-refractivity contribution in [2.24, 2.45) is 0 Å². The van der Waals surface area contributed by atoms with Crippen LogP contribution in [0.1, 0.15) is 5.69 Å². The van der Waals surface area contributed by atoms with Gasteiger partial charge in [-0.25, -0.2) is 4.52 Å². The summed E-state index contributed by atoms with van der Waals surface area (Å²) in [6, 6.07) is 13.1. The minimum absolute atomic E-state index is 0.435. The predicted molar refractivity (Wildman–Crippen MR) is 99.9 cm³/mol. The molecule has 0 spiro atoms. The van der Waals surface area contributed by atoms with Gasteiger partial charge in [-0.2, -0.15) is 10.1 Å². The Hall–Kier alpha value is -2.99. The maximum absolute atomic E-state index is 6.37. The zero-order chi connectivity index (χ0) is 18.3. The van der Waals surface area contributed by atoms with E-state index < -0.39 is 0 Å². The number of aryl methyl sites for hydroxylation is 1. The second-order valence-corrected chi connectivity index (χ2v) is 6.10. The Bertz CT molecular complexity index is 1100. The van der Waals surface area contributed by atoms with Crippen LogP contribution in [0.5, 0.6) is 23.1 Å². The zero-order valence-corrected chi connectivity index (χ0v) is 15.2. The van der Waals surface area contributed by atoms with Gasteiger partial charge < -0.3 is 14.2 Å². The number of methoxy groups -OCH3 is 2. The molecule has 2 aromatic heterocycles. The molecule has 4 rings (SSSR count). The quantitative estimate of drug-likeness (QED) is 0.524. The van der Waals surface area contributed by atoms with Gasteiger partial charge in [-0.05, 0) is 19.1 Å². The van der Waals surface area contributed by atoms with Gasteiger partial charge in [0.05, 0.1) is 30.8 Å². The van der Waals surface area contributed by atoms with Crippen molar-refractivity contribution in [2.45, 2.75) is 6.92 Å². The summed E-state index contributed by atoms with van der Waals surface area (Å²) in [5, 5.41) is 5.79. The Morgan fingerprint density at radius 1 is 0.962 bits per heavy atom. The smallest absolute Gasteiger partial charge is 0.230 e. The fraction of sp³-hybridized carbons (Fsp3) is 0.158. The number of hydrogen-bond donors (Lipinski definition) is 0. The van der Waals surface area contributed by atoms with Crippen molar-refractivity contribution in [1.82, 2.24) is 14.6 Å². The molecule has 0 saturated heterocycles. The number of benzene rings is 2. The lowest BCUT2D eigenvalue weighted by Crippen LogP contribution is -1.98. The fourth-order valence-electron chi connectivity index (χ4n) is 2.79. The van der Waals surface area contributed by atoms with E-state index in [0.29, 0.717) is 39.5 Å². The van der Waals surface area contributed by atoms with Crippen molar-refractivity contribution in [3.05, 3.63) is 53.2 Å². The van der Waals surface area contributed by atoms with E-state index in [1.807, 2.05) is 31.2 Å². The van der Waals surface area contributed by atoms with Crippen molar-refractivity contribution >= 4 is 28.2 Å². The summed E-state index contributed by atoms with van der Waals surface area (Å²) in [7, 11) is 3.18. The minimum atomic E-state index is 0.435. The average Bonchev–Trinajstić information content (AvgIpc) is 2.96. The lowest BCUT2D eigenvalue weighted by molar-refractivity contribution is 0.385.